The number of aromatic nitrogens is 1. The second kappa shape index (κ2) is 7.85. The Labute approximate surface area is 156 Å². The van der Waals surface area contributed by atoms with Crippen molar-refractivity contribution in [1.29, 1.82) is 0 Å². The maximum absolute atomic E-state index is 12.4. The van der Waals surface area contributed by atoms with Gasteiger partial charge in [0, 0.05) is 5.69 Å². The van der Waals surface area contributed by atoms with Crippen molar-refractivity contribution in [2.45, 2.75) is 32.8 Å². The molecule has 0 aliphatic rings. The van der Waals surface area contributed by atoms with Crippen molar-refractivity contribution in [3.05, 3.63) is 57.8 Å². The number of hydrogen-bond donors (Lipinski definition) is 1. The average Bonchev–Trinajstić information content (AvgIpc) is 2.49. The van der Waals surface area contributed by atoms with Gasteiger partial charge < -0.3 is 10.1 Å². The lowest BCUT2D eigenvalue weighted by atomic mass is 10.1. The molecular formula is C18H18Cl2N2O3. The zero-order valence-electron chi connectivity index (χ0n) is 14.1. The number of para-hydroxylation sites is 1. The van der Waals surface area contributed by atoms with Crippen molar-refractivity contribution in [1.82, 2.24) is 4.98 Å². The van der Waals surface area contributed by atoms with Crippen LogP contribution in [0.5, 0.6) is 0 Å². The van der Waals surface area contributed by atoms with Crippen LogP contribution in [-0.2, 0) is 16.0 Å². The Morgan fingerprint density at radius 3 is 2.48 bits per heavy atom. The number of esters is 1. The fourth-order valence-electron chi connectivity index (χ4n) is 2.09. The highest BCUT2D eigenvalue weighted by Crippen LogP contribution is 2.21. The van der Waals surface area contributed by atoms with Gasteiger partial charge in [-0.1, -0.05) is 41.4 Å². The summed E-state index contributed by atoms with van der Waals surface area (Å²) in [4.78, 5) is 28.4. The monoisotopic (exact) mass is 380 g/mol. The molecule has 1 N–H and O–H groups in total. The van der Waals surface area contributed by atoms with Crippen LogP contribution in [0.2, 0.25) is 10.2 Å². The van der Waals surface area contributed by atoms with Gasteiger partial charge in [0.2, 0.25) is 0 Å². The molecule has 0 fully saturated rings. The van der Waals surface area contributed by atoms with E-state index in [1.54, 1.807) is 45.0 Å². The SMILES string of the molecule is CC(C)(C)OC(=O)Cc1ccccc1NC(=O)c1nc(Cl)ccc1Cl. The van der Waals surface area contributed by atoms with Gasteiger partial charge in [0.05, 0.1) is 11.4 Å². The number of carbonyl (C=O) groups is 2. The molecule has 2 aromatic rings. The van der Waals surface area contributed by atoms with Crippen molar-refractivity contribution < 1.29 is 14.3 Å². The first kappa shape index (κ1) is 19.2. The quantitative estimate of drug-likeness (QED) is 0.624. The Balaban J connectivity index is 2.19. The number of benzene rings is 1. The lowest BCUT2D eigenvalue weighted by molar-refractivity contribution is -0.153. The van der Waals surface area contributed by atoms with Crippen molar-refractivity contribution in [2.75, 3.05) is 5.32 Å². The molecule has 0 atom stereocenters. The fourth-order valence-corrected chi connectivity index (χ4v) is 2.43. The van der Waals surface area contributed by atoms with E-state index >= 15 is 0 Å². The van der Waals surface area contributed by atoms with Crippen molar-refractivity contribution in [2.24, 2.45) is 0 Å². The van der Waals surface area contributed by atoms with Crippen LogP contribution in [0, 0.1) is 0 Å². The number of nitrogens with zero attached hydrogens (tertiary/aromatic N) is 1. The molecule has 132 valence electrons. The Bertz CT molecular complexity index is 801. The highest BCUT2D eigenvalue weighted by molar-refractivity contribution is 6.35. The molecule has 1 aromatic carbocycles. The minimum absolute atomic E-state index is 0.0150. The summed E-state index contributed by atoms with van der Waals surface area (Å²) in [6.45, 7) is 5.39. The molecule has 0 spiro atoms. The summed E-state index contributed by atoms with van der Waals surface area (Å²) in [5, 5.41) is 3.06. The first-order valence-corrected chi connectivity index (χ1v) is 8.34. The summed E-state index contributed by atoms with van der Waals surface area (Å²) in [7, 11) is 0. The van der Waals surface area contributed by atoms with Crippen molar-refractivity contribution in [3.63, 3.8) is 0 Å². The van der Waals surface area contributed by atoms with Gasteiger partial charge in [0.15, 0.2) is 0 Å². The Morgan fingerprint density at radius 1 is 1.12 bits per heavy atom. The molecule has 0 saturated heterocycles. The molecule has 0 aliphatic carbocycles. The third kappa shape index (κ3) is 5.73. The summed E-state index contributed by atoms with van der Waals surface area (Å²) < 4.78 is 5.32. The van der Waals surface area contributed by atoms with Crippen molar-refractivity contribution in [3.8, 4) is 0 Å². The van der Waals surface area contributed by atoms with Gasteiger partial charge in [0.25, 0.3) is 5.91 Å². The van der Waals surface area contributed by atoms with Gasteiger partial charge in [0.1, 0.15) is 16.4 Å². The molecule has 0 aliphatic heterocycles. The van der Waals surface area contributed by atoms with E-state index in [2.05, 4.69) is 10.3 Å². The predicted octanol–water partition coefficient (Wildman–Crippen LogP) is 4.52. The first-order valence-electron chi connectivity index (χ1n) is 7.59. The summed E-state index contributed by atoms with van der Waals surface area (Å²) in [5.74, 6) is -0.891. The molecule has 1 aromatic heterocycles. The molecule has 2 rings (SSSR count). The highest BCUT2D eigenvalue weighted by Gasteiger charge is 2.19. The molecule has 0 radical (unpaired) electrons. The number of halogens is 2. The lowest BCUT2D eigenvalue weighted by Gasteiger charge is -2.20. The summed E-state index contributed by atoms with van der Waals surface area (Å²) in [6.07, 6.45) is 0.0322. The third-order valence-electron chi connectivity index (χ3n) is 3.05. The fraction of sp³-hybridized carbons (Fsp3) is 0.278. The van der Waals surface area contributed by atoms with Gasteiger partial charge in [-0.2, -0.15) is 0 Å². The molecule has 1 heterocycles. The molecule has 7 heteroatoms. The average molecular weight is 381 g/mol. The van der Waals surface area contributed by atoms with Crippen LogP contribution in [0.4, 0.5) is 5.69 Å². The number of pyridine rings is 1. The van der Waals surface area contributed by atoms with Crippen LogP contribution >= 0.6 is 23.2 Å². The summed E-state index contributed by atoms with van der Waals surface area (Å²) in [6, 6.07) is 9.96. The van der Waals surface area contributed by atoms with E-state index in [1.165, 1.54) is 12.1 Å². The zero-order chi connectivity index (χ0) is 18.6. The van der Waals surface area contributed by atoms with E-state index in [4.69, 9.17) is 27.9 Å². The maximum atomic E-state index is 12.4. The number of ether oxygens (including phenoxy) is 1. The molecule has 1 amide bonds. The Hall–Kier alpha value is -2.11. The molecular weight excluding hydrogens is 363 g/mol. The molecule has 0 bridgehead atoms. The van der Waals surface area contributed by atoms with Gasteiger partial charge >= 0.3 is 5.97 Å². The van der Waals surface area contributed by atoms with Crippen molar-refractivity contribution >= 4 is 40.8 Å². The second-order valence-corrected chi connectivity index (χ2v) is 7.13. The van der Waals surface area contributed by atoms with E-state index in [0.717, 1.165) is 0 Å². The number of amides is 1. The maximum Gasteiger partial charge on any atom is 0.310 e. The molecule has 0 saturated carbocycles. The number of hydrogen-bond acceptors (Lipinski definition) is 4. The standard InChI is InChI=1S/C18H18Cl2N2O3/c1-18(2,3)25-15(23)10-11-6-4-5-7-13(11)21-17(24)16-12(19)8-9-14(20)22-16/h4-9H,10H2,1-3H3,(H,21,24). The van der Waals surface area contributed by atoms with E-state index in [1.807, 2.05) is 0 Å². The molecule has 25 heavy (non-hydrogen) atoms. The summed E-state index contributed by atoms with van der Waals surface area (Å²) >= 11 is 11.8. The van der Waals surface area contributed by atoms with Gasteiger partial charge in [-0.05, 0) is 44.5 Å². The lowest BCUT2D eigenvalue weighted by Crippen LogP contribution is -2.25. The molecule has 0 unspecified atom stereocenters. The number of rotatable bonds is 4. The van der Waals surface area contributed by atoms with Gasteiger partial charge in [-0.25, -0.2) is 4.98 Å². The number of anilines is 1. The van der Waals surface area contributed by atoms with Crippen LogP contribution in [0.3, 0.4) is 0 Å². The summed E-state index contributed by atoms with van der Waals surface area (Å²) in [5.41, 5.74) is 0.550. The van der Waals surface area contributed by atoms with E-state index in [9.17, 15) is 9.59 Å². The van der Waals surface area contributed by atoms with Crippen LogP contribution in [0.15, 0.2) is 36.4 Å². The second-order valence-electron chi connectivity index (χ2n) is 6.34. The number of carbonyl (C=O) groups excluding carboxylic acids is 2. The van der Waals surface area contributed by atoms with Gasteiger partial charge in [-0.3, -0.25) is 9.59 Å². The minimum Gasteiger partial charge on any atom is -0.460 e. The number of nitrogens with one attached hydrogen (secondary N) is 1. The van der Waals surface area contributed by atoms with E-state index < -0.39 is 11.5 Å². The Morgan fingerprint density at radius 2 is 1.80 bits per heavy atom. The van der Waals surface area contributed by atoms with E-state index in [0.29, 0.717) is 11.3 Å². The Kier molecular flexibility index (Phi) is 6.03. The normalized spacial score (nSPS) is 11.1. The molecule has 5 nitrogen and oxygen atoms in total. The predicted molar refractivity (Wildman–Crippen MR) is 98.2 cm³/mol. The zero-order valence-corrected chi connectivity index (χ0v) is 15.6. The highest BCUT2D eigenvalue weighted by atomic mass is 35.5. The smallest absolute Gasteiger partial charge is 0.310 e. The van der Waals surface area contributed by atoms with E-state index in [-0.39, 0.29) is 28.3 Å². The van der Waals surface area contributed by atoms with Crippen LogP contribution in [0.25, 0.3) is 0 Å². The minimum atomic E-state index is -0.576. The largest absolute Gasteiger partial charge is 0.460 e. The van der Waals surface area contributed by atoms with Gasteiger partial charge in [-0.15, -0.1) is 0 Å². The topological polar surface area (TPSA) is 68.3 Å². The van der Waals surface area contributed by atoms with Crippen LogP contribution in [-0.4, -0.2) is 22.5 Å². The third-order valence-corrected chi connectivity index (χ3v) is 3.56. The van der Waals surface area contributed by atoms with Crippen LogP contribution in [0.1, 0.15) is 36.8 Å². The first-order chi connectivity index (χ1) is 11.7. The van der Waals surface area contributed by atoms with Crippen LogP contribution < -0.4 is 5.32 Å².